The van der Waals surface area contributed by atoms with Gasteiger partial charge in [-0.15, -0.1) is 0 Å². The molecule has 0 atom stereocenters. The summed E-state index contributed by atoms with van der Waals surface area (Å²) >= 11 is 0. The molecule has 1 aromatic rings. The molecule has 0 amide bonds. The first kappa shape index (κ1) is 15.5. The van der Waals surface area contributed by atoms with Crippen molar-refractivity contribution in [3.63, 3.8) is 0 Å². The number of halogens is 1. The van der Waals surface area contributed by atoms with E-state index in [2.05, 4.69) is 11.9 Å². The Labute approximate surface area is 122 Å². The first-order chi connectivity index (χ1) is 9.65. The number of hydrogen-bond donors (Lipinski definition) is 1. The molecule has 0 radical (unpaired) electrons. The molecule has 0 saturated heterocycles. The highest BCUT2D eigenvalue weighted by atomic mass is 19.1. The van der Waals surface area contributed by atoms with Gasteiger partial charge in [-0.1, -0.05) is 43.9 Å². The molecule has 112 valence electrons. The lowest BCUT2D eigenvalue weighted by Crippen LogP contribution is -2.40. The van der Waals surface area contributed by atoms with Crippen molar-refractivity contribution in [2.24, 2.45) is 11.1 Å². The van der Waals surface area contributed by atoms with E-state index in [4.69, 9.17) is 5.73 Å². The molecule has 0 unspecified atom stereocenters. The lowest BCUT2D eigenvalue weighted by Gasteiger charge is -2.35. The van der Waals surface area contributed by atoms with Crippen LogP contribution in [0.1, 0.15) is 44.1 Å². The monoisotopic (exact) mass is 278 g/mol. The molecule has 0 spiro atoms. The minimum atomic E-state index is -0.109. The van der Waals surface area contributed by atoms with Crippen LogP contribution in [0.15, 0.2) is 24.3 Å². The Morgan fingerprint density at radius 2 is 1.80 bits per heavy atom. The van der Waals surface area contributed by atoms with Crippen LogP contribution in [-0.4, -0.2) is 25.0 Å². The summed E-state index contributed by atoms with van der Waals surface area (Å²) in [6.07, 6.45) is 7.66. The van der Waals surface area contributed by atoms with Gasteiger partial charge in [-0.25, -0.2) is 4.39 Å². The van der Waals surface area contributed by atoms with E-state index in [1.807, 2.05) is 12.1 Å². The molecular formula is C17H27FN2. The summed E-state index contributed by atoms with van der Waals surface area (Å²) in [5, 5.41) is 0. The Kier molecular flexibility index (Phi) is 5.55. The summed E-state index contributed by atoms with van der Waals surface area (Å²) in [5.74, 6) is -0.109. The lowest BCUT2D eigenvalue weighted by molar-refractivity contribution is 0.152. The highest BCUT2D eigenvalue weighted by Crippen LogP contribution is 2.35. The predicted octanol–water partition coefficient (Wildman–Crippen LogP) is 3.56. The molecule has 2 rings (SSSR count). The van der Waals surface area contributed by atoms with E-state index < -0.39 is 0 Å². The minimum absolute atomic E-state index is 0.109. The first-order valence-electron chi connectivity index (χ1n) is 7.77. The second kappa shape index (κ2) is 7.19. The van der Waals surface area contributed by atoms with Crippen LogP contribution < -0.4 is 5.73 Å². The van der Waals surface area contributed by atoms with Crippen molar-refractivity contribution in [3.8, 4) is 0 Å². The summed E-state index contributed by atoms with van der Waals surface area (Å²) in [6, 6.07) is 7.05. The van der Waals surface area contributed by atoms with Crippen LogP contribution in [0.3, 0.4) is 0 Å². The van der Waals surface area contributed by atoms with Gasteiger partial charge in [0.15, 0.2) is 0 Å². The van der Waals surface area contributed by atoms with E-state index in [1.54, 1.807) is 6.07 Å². The van der Waals surface area contributed by atoms with E-state index in [0.29, 0.717) is 6.54 Å². The third-order valence-electron chi connectivity index (χ3n) is 4.60. The molecule has 20 heavy (non-hydrogen) atoms. The zero-order valence-corrected chi connectivity index (χ0v) is 12.6. The topological polar surface area (TPSA) is 29.3 Å². The zero-order chi connectivity index (χ0) is 14.4. The van der Waals surface area contributed by atoms with Crippen molar-refractivity contribution in [1.82, 2.24) is 4.90 Å². The summed E-state index contributed by atoms with van der Waals surface area (Å²) in [7, 11) is 2.08. The van der Waals surface area contributed by atoms with Gasteiger partial charge in [-0.05, 0) is 37.9 Å². The average molecular weight is 278 g/mol. The number of benzene rings is 1. The molecule has 3 heteroatoms. The normalized spacial score (nSPS) is 19.0. The number of nitrogens with two attached hydrogens (primary N) is 1. The Hall–Kier alpha value is -0.930. The van der Waals surface area contributed by atoms with Gasteiger partial charge in [0.05, 0.1) is 0 Å². The third kappa shape index (κ3) is 4.03. The van der Waals surface area contributed by atoms with Gasteiger partial charge in [0.25, 0.3) is 0 Å². The summed E-state index contributed by atoms with van der Waals surface area (Å²) < 4.78 is 13.7. The number of nitrogens with zero attached hydrogens (tertiary/aromatic N) is 1. The summed E-state index contributed by atoms with van der Waals surface area (Å²) in [6.45, 7) is 2.38. The van der Waals surface area contributed by atoms with Gasteiger partial charge in [0, 0.05) is 18.7 Å². The molecule has 1 aliphatic carbocycles. The SMILES string of the molecule is CN(Cc1ccccc1F)CC1(CN)CCCCCC1. The molecule has 2 nitrogen and oxygen atoms in total. The quantitative estimate of drug-likeness (QED) is 0.835. The Morgan fingerprint density at radius 1 is 1.15 bits per heavy atom. The van der Waals surface area contributed by atoms with E-state index in [1.165, 1.54) is 44.6 Å². The van der Waals surface area contributed by atoms with Crippen LogP contribution in [-0.2, 0) is 6.54 Å². The molecule has 0 aromatic heterocycles. The fraction of sp³-hybridized carbons (Fsp3) is 0.647. The van der Waals surface area contributed by atoms with Crippen LogP contribution >= 0.6 is 0 Å². The minimum Gasteiger partial charge on any atom is -0.330 e. The summed E-state index contributed by atoms with van der Waals surface area (Å²) in [4.78, 5) is 2.23. The zero-order valence-electron chi connectivity index (χ0n) is 12.6. The van der Waals surface area contributed by atoms with Crippen molar-refractivity contribution < 1.29 is 4.39 Å². The molecule has 0 heterocycles. The van der Waals surface area contributed by atoms with Crippen LogP contribution in [0.4, 0.5) is 4.39 Å². The van der Waals surface area contributed by atoms with E-state index >= 15 is 0 Å². The second-order valence-corrected chi connectivity index (χ2v) is 6.38. The van der Waals surface area contributed by atoms with Crippen LogP contribution in [0.2, 0.25) is 0 Å². The molecule has 2 N–H and O–H groups in total. The third-order valence-corrected chi connectivity index (χ3v) is 4.60. The van der Waals surface area contributed by atoms with Gasteiger partial charge < -0.3 is 10.6 Å². The Bertz CT molecular complexity index is 411. The van der Waals surface area contributed by atoms with E-state index in [0.717, 1.165) is 18.7 Å². The standard InChI is InChI=1S/C17H27FN2/c1-20(12-15-8-4-5-9-16(15)18)14-17(13-19)10-6-2-3-7-11-17/h4-5,8-9H,2-3,6-7,10-14,19H2,1H3. The molecule has 0 bridgehead atoms. The molecule has 1 saturated carbocycles. The molecule has 1 aromatic carbocycles. The molecule has 1 fully saturated rings. The fourth-order valence-electron chi connectivity index (χ4n) is 3.45. The maximum absolute atomic E-state index is 13.7. The Morgan fingerprint density at radius 3 is 2.40 bits per heavy atom. The Balaban J connectivity index is 1.98. The largest absolute Gasteiger partial charge is 0.330 e. The maximum Gasteiger partial charge on any atom is 0.127 e. The highest BCUT2D eigenvalue weighted by molar-refractivity contribution is 5.17. The van der Waals surface area contributed by atoms with Crippen molar-refractivity contribution in [3.05, 3.63) is 35.6 Å². The first-order valence-corrected chi connectivity index (χ1v) is 7.77. The smallest absolute Gasteiger partial charge is 0.127 e. The summed E-state index contributed by atoms with van der Waals surface area (Å²) in [5.41, 5.74) is 7.09. The molecule has 1 aliphatic rings. The molecule has 0 aliphatic heterocycles. The average Bonchev–Trinajstić information content (AvgIpc) is 2.67. The number of hydrogen-bond acceptors (Lipinski definition) is 2. The van der Waals surface area contributed by atoms with Crippen molar-refractivity contribution in [2.45, 2.75) is 45.1 Å². The van der Waals surface area contributed by atoms with Gasteiger partial charge in [0.1, 0.15) is 5.82 Å². The van der Waals surface area contributed by atoms with Gasteiger partial charge in [-0.3, -0.25) is 0 Å². The van der Waals surface area contributed by atoms with Crippen LogP contribution in [0.5, 0.6) is 0 Å². The van der Waals surface area contributed by atoms with E-state index in [-0.39, 0.29) is 11.2 Å². The van der Waals surface area contributed by atoms with E-state index in [9.17, 15) is 4.39 Å². The lowest BCUT2D eigenvalue weighted by atomic mass is 9.80. The van der Waals surface area contributed by atoms with Crippen molar-refractivity contribution in [2.75, 3.05) is 20.1 Å². The van der Waals surface area contributed by atoms with Gasteiger partial charge in [-0.2, -0.15) is 0 Å². The maximum atomic E-state index is 13.7. The van der Waals surface area contributed by atoms with Gasteiger partial charge in [0.2, 0.25) is 0 Å². The van der Waals surface area contributed by atoms with Crippen LogP contribution in [0, 0.1) is 11.2 Å². The molecular weight excluding hydrogens is 251 g/mol. The van der Waals surface area contributed by atoms with Crippen molar-refractivity contribution in [1.29, 1.82) is 0 Å². The number of rotatable bonds is 5. The highest BCUT2D eigenvalue weighted by Gasteiger charge is 2.30. The predicted molar refractivity (Wildman–Crippen MR) is 81.9 cm³/mol. The fourth-order valence-corrected chi connectivity index (χ4v) is 3.45. The van der Waals surface area contributed by atoms with Crippen LogP contribution in [0.25, 0.3) is 0 Å². The van der Waals surface area contributed by atoms with Crippen molar-refractivity contribution >= 4 is 0 Å². The second-order valence-electron chi connectivity index (χ2n) is 6.38. The van der Waals surface area contributed by atoms with Gasteiger partial charge >= 0.3 is 0 Å².